The van der Waals surface area contributed by atoms with E-state index in [-0.39, 0.29) is 11.7 Å². The first-order chi connectivity index (χ1) is 10.1. The number of amides is 1. The molecule has 3 rings (SSSR count). The Labute approximate surface area is 122 Å². The quantitative estimate of drug-likeness (QED) is 0.782. The maximum Gasteiger partial charge on any atom is 0.252 e. The number of pyridine rings is 1. The molecule has 1 amide bonds. The zero-order valence-electron chi connectivity index (χ0n) is 11.4. The molecule has 1 aromatic heterocycles. The van der Waals surface area contributed by atoms with E-state index in [1.165, 1.54) is 17.8 Å². The highest BCUT2D eigenvalue weighted by Crippen LogP contribution is 2.28. The van der Waals surface area contributed by atoms with Gasteiger partial charge in [-0.3, -0.25) is 4.79 Å². The minimum Gasteiger partial charge on any atom is -0.488 e. The minimum absolute atomic E-state index is 0.00230. The van der Waals surface area contributed by atoms with Crippen LogP contribution < -0.4 is 21.5 Å². The molecule has 6 nitrogen and oxygen atoms in total. The Morgan fingerprint density at radius 2 is 2.24 bits per heavy atom. The Morgan fingerprint density at radius 1 is 1.43 bits per heavy atom. The third-order valence-electron chi connectivity index (χ3n) is 3.39. The van der Waals surface area contributed by atoms with Crippen molar-refractivity contribution in [3.05, 3.63) is 47.7 Å². The van der Waals surface area contributed by atoms with Gasteiger partial charge in [-0.15, -0.1) is 0 Å². The molecule has 108 valence electrons. The Balaban J connectivity index is 1.68. The zero-order chi connectivity index (χ0) is 14.8. The number of hydrogen-bond donors (Lipinski definition) is 3. The van der Waals surface area contributed by atoms with Gasteiger partial charge in [0.25, 0.3) is 5.91 Å². The van der Waals surface area contributed by atoms with Gasteiger partial charge < -0.3 is 21.5 Å². The number of para-hydroxylation sites is 1. The maximum atomic E-state index is 11.4. The number of ether oxygens (including phenoxy) is 1. The van der Waals surface area contributed by atoms with Crippen molar-refractivity contribution in [2.45, 2.75) is 12.5 Å². The number of anilines is 2. The first kappa shape index (κ1) is 13.2. The maximum absolute atomic E-state index is 11.4. The van der Waals surface area contributed by atoms with Crippen molar-refractivity contribution >= 4 is 17.4 Å². The summed E-state index contributed by atoms with van der Waals surface area (Å²) < 4.78 is 5.82. The summed E-state index contributed by atoms with van der Waals surface area (Å²) in [6.45, 7) is 0.534. The predicted molar refractivity (Wildman–Crippen MR) is 80.2 cm³/mol. The van der Waals surface area contributed by atoms with Gasteiger partial charge >= 0.3 is 0 Å². The van der Waals surface area contributed by atoms with Gasteiger partial charge in [0.15, 0.2) is 0 Å². The van der Waals surface area contributed by atoms with Crippen molar-refractivity contribution in [3.8, 4) is 5.75 Å². The van der Waals surface area contributed by atoms with Gasteiger partial charge in [0.2, 0.25) is 0 Å². The second kappa shape index (κ2) is 5.32. The number of nitrogens with two attached hydrogens (primary N) is 2. The number of carbonyl (C=O) groups is 1. The third-order valence-corrected chi connectivity index (χ3v) is 3.39. The van der Waals surface area contributed by atoms with Gasteiger partial charge in [0, 0.05) is 6.42 Å². The number of aromatic nitrogens is 1. The first-order valence-electron chi connectivity index (χ1n) is 6.67. The molecule has 0 saturated heterocycles. The summed E-state index contributed by atoms with van der Waals surface area (Å²) in [5, 5.41) is 3.11. The van der Waals surface area contributed by atoms with Crippen LogP contribution >= 0.6 is 0 Å². The summed E-state index contributed by atoms with van der Waals surface area (Å²) in [4.78, 5) is 15.5. The molecule has 0 bridgehead atoms. The number of fused-ring (bicyclic) bond motifs is 1. The van der Waals surface area contributed by atoms with Crippen molar-refractivity contribution in [2.75, 3.05) is 17.6 Å². The molecule has 5 N–H and O–H groups in total. The number of rotatable bonds is 4. The number of hydrogen-bond acceptors (Lipinski definition) is 5. The summed E-state index contributed by atoms with van der Waals surface area (Å²) in [6.07, 6.45) is 2.31. The standard InChI is InChI=1S/C15H16N4O2/c16-10-6-12(14(17)20)15(18-7-10)19-8-11-5-9-3-1-2-4-13(9)21-11/h1-4,6-7,11H,5,8,16H2,(H2,17,20)(H,18,19). The molecule has 2 heterocycles. The molecule has 1 aromatic carbocycles. The molecular formula is C15H16N4O2. The van der Waals surface area contributed by atoms with Gasteiger partial charge in [0.1, 0.15) is 17.7 Å². The van der Waals surface area contributed by atoms with Crippen LogP contribution in [-0.2, 0) is 6.42 Å². The lowest BCUT2D eigenvalue weighted by atomic mass is 10.1. The van der Waals surface area contributed by atoms with Crippen molar-refractivity contribution in [2.24, 2.45) is 5.73 Å². The van der Waals surface area contributed by atoms with E-state index >= 15 is 0 Å². The first-order valence-corrected chi connectivity index (χ1v) is 6.67. The largest absolute Gasteiger partial charge is 0.488 e. The summed E-state index contributed by atoms with van der Waals surface area (Å²) in [6, 6.07) is 9.45. The average molecular weight is 284 g/mol. The Hall–Kier alpha value is -2.76. The molecule has 0 fully saturated rings. The average Bonchev–Trinajstić information content (AvgIpc) is 2.88. The predicted octanol–water partition coefficient (Wildman–Crippen LogP) is 1.18. The van der Waals surface area contributed by atoms with Crippen LogP contribution in [0.1, 0.15) is 15.9 Å². The third kappa shape index (κ3) is 2.74. The monoisotopic (exact) mass is 284 g/mol. The highest BCUT2D eigenvalue weighted by atomic mass is 16.5. The second-order valence-corrected chi connectivity index (χ2v) is 4.96. The van der Waals surface area contributed by atoms with Gasteiger partial charge in [0.05, 0.1) is 24.0 Å². The van der Waals surface area contributed by atoms with E-state index in [1.54, 1.807) is 0 Å². The van der Waals surface area contributed by atoms with E-state index in [9.17, 15) is 4.79 Å². The molecule has 0 aliphatic carbocycles. The lowest BCUT2D eigenvalue weighted by Gasteiger charge is -2.14. The lowest BCUT2D eigenvalue weighted by Crippen LogP contribution is -2.26. The van der Waals surface area contributed by atoms with E-state index in [0.717, 1.165) is 12.2 Å². The SMILES string of the molecule is NC(=O)c1cc(N)cnc1NCC1Cc2ccccc2O1. The van der Waals surface area contributed by atoms with Gasteiger partial charge in [-0.25, -0.2) is 4.98 Å². The fourth-order valence-corrected chi connectivity index (χ4v) is 2.39. The summed E-state index contributed by atoms with van der Waals surface area (Å²) in [5.41, 5.74) is 12.8. The van der Waals surface area contributed by atoms with Crippen molar-refractivity contribution in [1.82, 2.24) is 4.98 Å². The molecule has 1 aliphatic rings. The van der Waals surface area contributed by atoms with Crippen LogP contribution in [0, 0.1) is 0 Å². The number of nitrogen functional groups attached to an aromatic ring is 1. The van der Waals surface area contributed by atoms with Crippen molar-refractivity contribution < 1.29 is 9.53 Å². The number of benzene rings is 1. The van der Waals surface area contributed by atoms with E-state index in [0.29, 0.717) is 18.1 Å². The smallest absolute Gasteiger partial charge is 0.252 e. The molecule has 2 aromatic rings. The molecule has 1 unspecified atom stereocenters. The van der Waals surface area contributed by atoms with Gasteiger partial charge in [-0.05, 0) is 17.7 Å². The zero-order valence-corrected chi connectivity index (χ0v) is 11.4. The Kier molecular flexibility index (Phi) is 3.35. The fraction of sp³-hybridized carbons (Fsp3) is 0.200. The lowest BCUT2D eigenvalue weighted by molar-refractivity contribution is 0.100. The van der Waals surface area contributed by atoms with Crippen LogP contribution in [0.25, 0.3) is 0 Å². The normalized spacial score (nSPS) is 16.1. The van der Waals surface area contributed by atoms with Crippen LogP contribution in [0.2, 0.25) is 0 Å². The summed E-state index contributed by atoms with van der Waals surface area (Å²) >= 11 is 0. The topological polar surface area (TPSA) is 103 Å². The second-order valence-electron chi connectivity index (χ2n) is 4.96. The van der Waals surface area contributed by atoms with Gasteiger partial charge in [-0.1, -0.05) is 18.2 Å². The molecule has 21 heavy (non-hydrogen) atoms. The number of primary amides is 1. The minimum atomic E-state index is -0.562. The molecule has 1 aliphatic heterocycles. The van der Waals surface area contributed by atoms with Crippen LogP contribution in [0.4, 0.5) is 11.5 Å². The van der Waals surface area contributed by atoms with Crippen LogP contribution in [0.3, 0.4) is 0 Å². The van der Waals surface area contributed by atoms with Crippen LogP contribution in [0.5, 0.6) is 5.75 Å². The molecule has 0 saturated carbocycles. The molecule has 1 atom stereocenters. The Morgan fingerprint density at radius 3 is 3.00 bits per heavy atom. The molecule has 6 heteroatoms. The van der Waals surface area contributed by atoms with E-state index in [2.05, 4.69) is 10.3 Å². The highest BCUT2D eigenvalue weighted by molar-refractivity contribution is 5.98. The van der Waals surface area contributed by atoms with E-state index in [1.807, 2.05) is 24.3 Å². The number of carbonyl (C=O) groups excluding carboxylic acids is 1. The van der Waals surface area contributed by atoms with Gasteiger partial charge in [-0.2, -0.15) is 0 Å². The van der Waals surface area contributed by atoms with Crippen LogP contribution in [-0.4, -0.2) is 23.5 Å². The number of nitrogens with zero attached hydrogens (tertiary/aromatic N) is 1. The van der Waals surface area contributed by atoms with Crippen molar-refractivity contribution in [3.63, 3.8) is 0 Å². The number of nitrogens with one attached hydrogen (secondary N) is 1. The molecular weight excluding hydrogens is 268 g/mol. The summed E-state index contributed by atoms with van der Waals surface area (Å²) in [5.74, 6) is 0.772. The fourth-order valence-electron chi connectivity index (χ4n) is 2.39. The molecule has 0 radical (unpaired) electrons. The highest BCUT2D eigenvalue weighted by Gasteiger charge is 2.22. The summed E-state index contributed by atoms with van der Waals surface area (Å²) in [7, 11) is 0. The Bertz CT molecular complexity index is 662. The van der Waals surface area contributed by atoms with Crippen molar-refractivity contribution in [1.29, 1.82) is 0 Å². The molecule has 0 spiro atoms. The van der Waals surface area contributed by atoms with Crippen LogP contribution in [0.15, 0.2) is 36.5 Å². The van der Waals surface area contributed by atoms with E-state index in [4.69, 9.17) is 16.2 Å². The van der Waals surface area contributed by atoms with E-state index < -0.39 is 5.91 Å².